The third kappa shape index (κ3) is 3.08. The summed E-state index contributed by atoms with van der Waals surface area (Å²) in [6.07, 6.45) is 1.12. The number of hydrogen-bond donors (Lipinski definition) is 1. The molecule has 1 N–H and O–H groups in total. The molecule has 1 aromatic rings. The molecule has 0 bridgehead atoms. The summed E-state index contributed by atoms with van der Waals surface area (Å²) in [7, 11) is 1.60. The van der Waals surface area contributed by atoms with Gasteiger partial charge in [0.2, 0.25) is 0 Å². The van der Waals surface area contributed by atoms with E-state index in [0.717, 1.165) is 6.26 Å². The monoisotopic (exact) mass is 203 g/mol. The number of ether oxygens (including phenoxy) is 1. The second-order valence-electron chi connectivity index (χ2n) is 2.15. The molecule has 0 aliphatic rings. The van der Waals surface area contributed by atoms with Gasteiger partial charge in [-0.1, -0.05) is 11.8 Å². The molecule has 0 amide bonds. The lowest BCUT2D eigenvalue weighted by molar-refractivity contribution is 0.0690. The maximum Gasteiger partial charge on any atom is 0.357 e. The minimum atomic E-state index is -1.08. The van der Waals surface area contributed by atoms with E-state index < -0.39 is 5.97 Å². The molecule has 1 heterocycles. The second kappa shape index (κ2) is 4.88. The van der Waals surface area contributed by atoms with Crippen LogP contribution in [0.15, 0.2) is 15.9 Å². The number of oxazole rings is 1. The summed E-state index contributed by atoms with van der Waals surface area (Å²) in [6.45, 7) is 0.579. The van der Waals surface area contributed by atoms with Gasteiger partial charge >= 0.3 is 5.97 Å². The van der Waals surface area contributed by atoms with E-state index in [9.17, 15) is 4.79 Å². The van der Waals surface area contributed by atoms with E-state index >= 15 is 0 Å². The molecule has 1 rings (SSSR count). The summed E-state index contributed by atoms with van der Waals surface area (Å²) in [6, 6.07) is 0. The normalized spacial score (nSPS) is 10.2. The Bertz CT molecular complexity index is 286. The van der Waals surface area contributed by atoms with Gasteiger partial charge in [-0.15, -0.1) is 0 Å². The fraction of sp³-hybridized carbons (Fsp3) is 0.429. The molecule has 0 fully saturated rings. The van der Waals surface area contributed by atoms with Gasteiger partial charge in [0.25, 0.3) is 5.22 Å². The highest BCUT2D eigenvalue weighted by atomic mass is 32.2. The average Bonchev–Trinajstić information content (AvgIpc) is 2.53. The molecule has 72 valence electrons. The van der Waals surface area contributed by atoms with Crippen molar-refractivity contribution in [3.05, 3.63) is 12.0 Å². The highest BCUT2D eigenvalue weighted by Crippen LogP contribution is 2.16. The Morgan fingerprint density at radius 1 is 1.85 bits per heavy atom. The van der Waals surface area contributed by atoms with Crippen molar-refractivity contribution in [2.75, 3.05) is 19.5 Å². The van der Waals surface area contributed by atoms with Crippen LogP contribution >= 0.6 is 11.8 Å². The van der Waals surface area contributed by atoms with Crippen LogP contribution in [-0.2, 0) is 4.74 Å². The quantitative estimate of drug-likeness (QED) is 0.571. The summed E-state index contributed by atoms with van der Waals surface area (Å²) in [5, 5.41) is 8.87. The Labute approximate surface area is 79.1 Å². The van der Waals surface area contributed by atoms with E-state index in [1.807, 2.05) is 0 Å². The first-order valence-electron chi connectivity index (χ1n) is 3.54. The van der Waals surface area contributed by atoms with Crippen molar-refractivity contribution < 1.29 is 19.1 Å². The predicted molar refractivity (Wildman–Crippen MR) is 46.1 cm³/mol. The Kier molecular flexibility index (Phi) is 3.78. The lowest BCUT2D eigenvalue weighted by Crippen LogP contribution is -1.96. The minimum Gasteiger partial charge on any atom is -0.476 e. The van der Waals surface area contributed by atoms with Gasteiger partial charge < -0.3 is 14.3 Å². The van der Waals surface area contributed by atoms with Gasteiger partial charge in [0.1, 0.15) is 6.26 Å². The van der Waals surface area contributed by atoms with E-state index in [1.54, 1.807) is 7.11 Å². The Balaban J connectivity index is 2.44. The highest BCUT2D eigenvalue weighted by Gasteiger charge is 2.09. The summed E-state index contributed by atoms with van der Waals surface area (Å²) >= 11 is 1.32. The van der Waals surface area contributed by atoms with Gasteiger partial charge in [-0.3, -0.25) is 0 Å². The molecular formula is C7H9NO4S. The molecular weight excluding hydrogens is 194 g/mol. The van der Waals surface area contributed by atoms with Crippen molar-refractivity contribution in [3.63, 3.8) is 0 Å². The molecule has 0 saturated carbocycles. The van der Waals surface area contributed by atoms with Crippen LogP contribution in [0, 0.1) is 0 Å². The van der Waals surface area contributed by atoms with Gasteiger partial charge in [-0.05, 0) is 0 Å². The van der Waals surface area contributed by atoms with Crippen molar-refractivity contribution in [3.8, 4) is 0 Å². The fourth-order valence-electron chi connectivity index (χ4n) is 0.634. The number of aromatic carboxylic acids is 1. The van der Waals surface area contributed by atoms with Crippen LogP contribution in [0.3, 0.4) is 0 Å². The van der Waals surface area contributed by atoms with Gasteiger partial charge in [0.15, 0.2) is 5.69 Å². The zero-order chi connectivity index (χ0) is 9.68. The molecule has 0 aliphatic heterocycles. The number of nitrogens with zero attached hydrogens (tertiary/aromatic N) is 1. The van der Waals surface area contributed by atoms with Gasteiger partial charge in [0.05, 0.1) is 6.61 Å². The van der Waals surface area contributed by atoms with Crippen molar-refractivity contribution in [1.29, 1.82) is 0 Å². The Hall–Kier alpha value is -1.01. The molecule has 0 spiro atoms. The molecule has 5 nitrogen and oxygen atoms in total. The van der Waals surface area contributed by atoms with Gasteiger partial charge in [0, 0.05) is 12.9 Å². The van der Waals surface area contributed by atoms with Crippen LogP contribution in [0.25, 0.3) is 0 Å². The summed E-state index contributed by atoms with van der Waals surface area (Å²) in [5.74, 6) is -0.391. The summed E-state index contributed by atoms with van der Waals surface area (Å²) < 4.78 is 9.70. The standard InChI is InChI=1S/C7H9NO4S/c1-11-2-3-13-7-8-5(4-12-7)6(9)10/h4H,2-3H2,1H3,(H,9,10). The number of rotatable bonds is 5. The smallest absolute Gasteiger partial charge is 0.357 e. The predicted octanol–water partition coefficient (Wildman–Crippen LogP) is 1.11. The van der Waals surface area contributed by atoms with E-state index in [-0.39, 0.29) is 5.69 Å². The largest absolute Gasteiger partial charge is 0.476 e. The molecule has 0 aromatic carbocycles. The maximum absolute atomic E-state index is 10.4. The number of aromatic nitrogens is 1. The Morgan fingerprint density at radius 2 is 2.62 bits per heavy atom. The molecule has 6 heteroatoms. The SMILES string of the molecule is COCCSc1nc(C(=O)O)co1. The molecule has 0 unspecified atom stereocenters. The molecule has 0 aliphatic carbocycles. The third-order valence-electron chi connectivity index (χ3n) is 1.22. The van der Waals surface area contributed by atoms with Crippen molar-refractivity contribution in [2.24, 2.45) is 0 Å². The van der Waals surface area contributed by atoms with E-state index in [4.69, 9.17) is 14.3 Å². The topological polar surface area (TPSA) is 72.6 Å². The lowest BCUT2D eigenvalue weighted by atomic mass is 10.5. The summed E-state index contributed by atoms with van der Waals surface area (Å²) in [5.41, 5.74) is -0.0695. The lowest BCUT2D eigenvalue weighted by Gasteiger charge is -1.93. The first kappa shape index (κ1) is 10.1. The van der Waals surface area contributed by atoms with E-state index in [1.165, 1.54) is 11.8 Å². The average molecular weight is 203 g/mol. The van der Waals surface area contributed by atoms with Gasteiger partial charge in [-0.25, -0.2) is 4.79 Å². The zero-order valence-corrected chi connectivity index (χ0v) is 7.84. The van der Waals surface area contributed by atoms with Crippen LogP contribution in [-0.4, -0.2) is 35.5 Å². The fourth-order valence-corrected chi connectivity index (χ4v) is 1.34. The number of carboxylic acids is 1. The molecule has 1 aromatic heterocycles. The third-order valence-corrected chi connectivity index (χ3v) is 2.02. The van der Waals surface area contributed by atoms with Crippen molar-refractivity contribution in [2.45, 2.75) is 5.22 Å². The van der Waals surface area contributed by atoms with Crippen LogP contribution in [0.4, 0.5) is 0 Å². The van der Waals surface area contributed by atoms with Crippen LogP contribution < -0.4 is 0 Å². The van der Waals surface area contributed by atoms with E-state index in [2.05, 4.69) is 4.98 Å². The highest BCUT2D eigenvalue weighted by molar-refractivity contribution is 7.99. The second-order valence-corrected chi connectivity index (χ2v) is 3.19. The first-order chi connectivity index (χ1) is 6.24. The minimum absolute atomic E-state index is 0.0695. The molecule has 0 atom stereocenters. The molecule has 0 saturated heterocycles. The van der Waals surface area contributed by atoms with Crippen molar-refractivity contribution in [1.82, 2.24) is 4.98 Å². The number of methoxy groups -OCH3 is 1. The van der Waals surface area contributed by atoms with Crippen LogP contribution in [0.1, 0.15) is 10.5 Å². The maximum atomic E-state index is 10.4. The number of carboxylic acid groups (broad SMARTS) is 1. The Morgan fingerprint density at radius 3 is 3.15 bits per heavy atom. The number of hydrogen-bond acceptors (Lipinski definition) is 5. The van der Waals surface area contributed by atoms with Gasteiger partial charge in [-0.2, -0.15) is 4.98 Å². The number of carbonyl (C=O) groups is 1. The molecule has 13 heavy (non-hydrogen) atoms. The van der Waals surface area contributed by atoms with Crippen molar-refractivity contribution >= 4 is 17.7 Å². The van der Waals surface area contributed by atoms with Crippen LogP contribution in [0.2, 0.25) is 0 Å². The molecule has 0 radical (unpaired) electrons. The van der Waals surface area contributed by atoms with E-state index in [0.29, 0.717) is 17.6 Å². The first-order valence-corrected chi connectivity index (χ1v) is 4.53. The number of thioether (sulfide) groups is 1. The zero-order valence-electron chi connectivity index (χ0n) is 7.02. The summed E-state index contributed by atoms with van der Waals surface area (Å²) in [4.78, 5) is 14.1. The van der Waals surface area contributed by atoms with Crippen LogP contribution in [0.5, 0.6) is 0 Å².